The fraction of sp³-hybridized carbons (Fsp3) is 0.545. The van der Waals surface area contributed by atoms with Crippen LogP contribution < -0.4 is 5.73 Å². The zero-order valence-electron chi connectivity index (χ0n) is 9.29. The van der Waals surface area contributed by atoms with Gasteiger partial charge in [-0.25, -0.2) is 0 Å². The van der Waals surface area contributed by atoms with Crippen molar-refractivity contribution in [2.24, 2.45) is 0 Å². The van der Waals surface area contributed by atoms with Gasteiger partial charge in [-0.15, -0.1) is 0 Å². The predicted octanol–water partition coefficient (Wildman–Crippen LogP) is 2.92. The maximum atomic E-state index is 5.94. The molecule has 0 radical (unpaired) electrons. The van der Waals surface area contributed by atoms with Crippen LogP contribution in [0.25, 0.3) is 0 Å². The fourth-order valence-electron chi connectivity index (χ4n) is 1.18. The molecule has 0 amide bonds. The molecule has 0 fully saturated rings. The maximum Gasteiger partial charge on any atom is 0.0552 e. The largest absolute Gasteiger partial charge is 0.398 e. The van der Waals surface area contributed by atoms with Gasteiger partial charge in [0, 0.05) is 17.6 Å². The molecule has 0 saturated heterocycles. The molecule has 78 valence electrons. The van der Waals surface area contributed by atoms with Crippen LogP contribution in [-0.2, 0) is 5.75 Å². The third-order valence-electron chi connectivity index (χ3n) is 2.23. The Hall–Kier alpha value is -0.700. The molecule has 0 bridgehead atoms. The molecule has 0 unspecified atom stereocenters. The van der Waals surface area contributed by atoms with Crippen LogP contribution >= 0.6 is 11.8 Å². The Morgan fingerprint density at radius 1 is 1.43 bits per heavy atom. The van der Waals surface area contributed by atoms with E-state index in [1.165, 1.54) is 0 Å². The number of aryl methyl sites for hydroxylation is 1. The Bertz CT molecular complexity index is 321. The zero-order chi connectivity index (χ0) is 10.7. The van der Waals surface area contributed by atoms with Crippen molar-refractivity contribution in [1.29, 1.82) is 0 Å². The molecule has 14 heavy (non-hydrogen) atoms. The molecule has 2 nitrogen and oxygen atoms in total. The van der Waals surface area contributed by atoms with Crippen LogP contribution in [0.15, 0.2) is 6.20 Å². The molecular formula is C11H18N2S. The third kappa shape index (κ3) is 2.64. The van der Waals surface area contributed by atoms with Gasteiger partial charge in [0.1, 0.15) is 0 Å². The molecule has 0 atom stereocenters. The number of anilines is 1. The molecule has 0 spiro atoms. The lowest BCUT2D eigenvalue weighted by Crippen LogP contribution is -2.01. The molecule has 1 aromatic rings. The number of aromatic nitrogens is 1. The standard InChI is InChI=1S/C11H18N2S/c1-7(2)14-6-10-9(4)11(12)8(3)5-13-10/h5,7H,6H2,1-4H3,(H2,12,13). The maximum absolute atomic E-state index is 5.94. The summed E-state index contributed by atoms with van der Waals surface area (Å²) in [4.78, 5) is 4.41. The first-order valence-electron chi connectivity index (χ1n) is 4.84. The summed E-state index contributed by atoms with van der Waals surface area (Å²) in [6, 6.07) is 0. The van der Waals surface area contributed by atoms with E-state index in [2.05, 4.69) is 18.8 Å². The minimum atomic E-state index is 0.638. The Kier molecular flexibility index (Phi) is 3.81. The van der Waals surface area contributed by atoms with E-state index in [1.54, 1.807) is 0 Å². The summed E-state index contributed by atoms with van der Waals surface area (Å²) in [7, 11) is 0. The Balaban J connectivity index is 2.83. The number of hydrogen-bond donors (Lipinski definition) is 1. The second-order valence-electron chi connectivity index (χ2n) is 3.79. The first-order valence-corrected chi connectivity index (χ1v) is 5.89. The number of pyridine rings is 1. The van der Waals surface area contributed by atoms with Gasteiger partial charge in [-0.3, -0.25) is 4.98 Å². The van der Waals surface area contributed by atoms with E-state index in [-0.39, 0.29) is 0 Å². The number of hydrogen-bond acceptors (Lipinski definition) is 3. The summed E-state index contributed by atoms with van der Waals surface area (Å²) in [5, 5.41) is 0.638. The van der Waals surface area contributed by atoms with Crippen molar-refractivity contribution in [3.8, 4) is 0 Å². The van der Waals surface area contributed by atoms with E-state index < -0.39 is 0 Å². The van der Waals surface area contributed by atoms with Crippen LogP contribution in [0.1, 0.15) is 30.7 Å². The lowest BCUT2D eigenvalue weighted by molar-refractivity contribution is 1.08. The molecular weight excluding hydrogens is 192 g/mol. The molecule has 2 N–H and O–H groups in total. The highest BCUT2D eigenvalue weighted by Crippen LogP contribution is 2.23. The van der Waals surface area contributed by atoms with Gasteiger partial charge in [0.25, 0.3) is 0 Å². The average Bonchev–Trinajstić information content (AvgIpc) is 2.13. The Morgan fingerprint density at radius 2 is 2.07 bits per heavy atom. The number of nitrogens with zero attached hydrogens (tertiary/aromatic N) is 1. The third-order valence-corrected chi connectivity index (χ3v) is 3.34. The van der Waals surface area contributed by atoms with E-state index in [1.807, 2.05) is 31.8 Å². The van der Waals surface area contributed by atoms with Gasteiger partial charge in [0.2, 0.25) is 0 Å². The van der Waals surface area contributed by atoms with Crippen LogP contribution in [0.2, 0.25) is 0 Å². The van der Waals surface area contributed by atoms with Crippen molar-refractivity contribution in [3.63, 3.8) is 0 Å². The highest BCUT2D eigenvalue weighted by Gasteiger charge is 2.06. The Labute approximate surface area is 90.3 Å². The number of rotatable bonds is 3. The lowest BCUT2D eigenvalue weighted by Gasteiger charge is -2.10. The number of nitrogen functional groups attached to an aromatic ring is 1. The van der Waals surface area contributed by atoms with Gasteiger partial charge >= 0.3 is 0 Å². The summed E-state index contributed by atoms with van der Waals surface area (Å²) in [5.74, 6) is 0.952. The van der Waals surface area contributed by atoms with E-state index in [9.17, 15) is 0 Å². The van der Waals surface area contributed by atoms with Gasteiger partial charge in [-0.1, -0.05) is 13.8 Å². The first-order chi connectivity index (χ1) is 6.52. The minimum Gasteiger partial charge on any atom is -0.398 e. The van der Waals surface area contributed by atoms with Gasteiger partial charge in [-0.2, -0.15) is 11.8 Å². The summed E-state index contributed by atoms with van der Waals surface area (Å²) in [5.41, 5.74) is 10.2. The molecule has 0 aliphatic rings. The fourth-order valence-corrected chi connectivity index (χ4v) is 1.97. The topological polar surface area (TPSA) is 38.9 Å². The van der Waals surface area contributed by atoms with Crippen LogP contribution in [0, 0.1) is 13.8 Å². The van der Waals surface area contributed by atoms with Crippen LogP contribution in [-0.4, -0.2) is 10.2 Å². The quantitative estimate of drug-likeness (QED) is 0.833. The molecule has 0 aromatic carbocycles. The number of thioether (sulfide) groups is 1. The predicted molar refractivity (Wildman–Crippen MR) is 64.6 cm³/mol. The number of nitrogens with two attached hydrogens (primary N) is 1. The van der Waals surface area contributed by atoms with Gasteiger partial charge in [0.05, 0.1) is 5.69 Å². The van der Waals surface area contributed by atoms with E-state index in [0.717, 1.165) is 28.3 Å². The van der Waals surface area contributed by atoms with Crippen LogP contribution in [0.5, 0.6) is 0 Å². The normalized spacial score (nSPS) is 10.9. The molecule has 1 rings (SSSR count). The first kappa shape index (κ1) is 11.4. The summed E-state index contributed by atoms with van der Waals surface area (Å²) < 4.78 is 0. The van der Waals surface area contributed by atoms with Crippen LogP contribution in [0.4, 0.5) is 5.69 Å². The Morgan fingerprint density at radius 3 is 2.64 bits per heavy atom. The summed E-state index contributed by atoms with van der Waals surface area (Å²) in [6.45, 7) is 8.43. The monoisotopic (exact) mass is 210 g/mol. The molecule has 0 saturated carbocycles. The van der Waals surface area contributed by atoms with E-state index in [4.69, 9.17) is 5.73 Å². The highest BCUT2D eigenvalue weighted by molar-refractivity contribution is 7.99. The minimum absolute atomic E-state index is 0.638. The van der Waals surface area contributed by atoms with Gasteiger partial charge < -0.3 is 5.73 Å². The van der Waals surface area contributed by atoms with Gasteiger partial charge in [0.15, 0.2) is 0 Å². The second kappa shape index (κ2) is 4.69. The average molecular weight is 210 g/mol. The molecule has 3 heteroatoms. The van der Waals surface area contributed by atoms with E-state index in [0.29, 0.717) is 5.25 Å². The SMILES string of the molecule is Cc1cnc(CSC(C)C)c(C)c1N. The second-order valence-corrected chi connectivity index (χ2v) is 5.35. The molecule has 0 aliphatic carbocycles. The zero-order valence-corrected chi connectivity index (χ0v) is 10.1. The van der Waals surface area contributed by atoms with Crippen molar-refractivity contribution in [2.45, 2.75) is 38.7 Å². The molecule has 0 aliphatic heterocycles. The van der Waals surface area contributed by atoms with Crippen molar-refractivity contribution >= 4 is 17.4 Å². The van der Waals surface area contributed by atoms with Crippen molar-refractivity contribution in [2.75, 3.05) is 5.73 Å². The van der Waals surface area contributed by atoms with Crippen LogP contribution in [0.3, 0.4) is 0 Å². The molecule has 1 aromatic heterocycles. The summed E-state index contributed by atoms with van der Waals surface area (Å²) in [6.07, 6.45) is 1.86. The lowest BCUT2D eigenvalue weighted by atomic mass is 10.1. The van der Waals surface area contributed by atoms with Crippen molar-refractivity contribution in [1.82, 2.24) is 4.98 Å². The summed E-state index contributed by atoms with van der Waals surface area (Å²) >= 11 is 1.90. The smallest absolute Gasteiger partial charge is 0.0552 e. The van der Waals surface area contributed by atoms with Gasteiger partial charge in [-0.05, 0) is 30.2 Å². The van der Waals surface area contributed by atoms with Crippen molar-refractivity contribution in [3.05, 3.63) is 23.0 Å². The highest BCUT2D eigenvalue weighted by atomic mass is 32.2. The van der Waals surface area contributed by atoms with Crippen molar-refractivity contribution < 1.29 is 0 Å². The molecule has 1 heterocycles. The van der Waals surface area contributed by atoms with E-state index >= 15 is 0 Å².